The molecule has 2 heterocycles. The quantitative estimate of drug-likeness (QED) is 0.548. The van der Waals surface area contributed by atoms with Crippen molar-refractivity contribution in [3.05, 3.63) is 40.5 Å². The Hall–Kier alpha value is -2.81. The summed E-state index contributed by atoms with van der Waals surface area (Å²) in [5.74, 6) is -1.29. The monoisotopic (exact) mass is 528 g/mol. The van der Waals surface area contributed by atoms with Crippen LogP contribution in [0.15, 0.2) is 23.7 Å². The summed E-state index contributed by atoms with van der Waals surface area (Å²) in [6.07, 6.45) is 1.60. The average Bonchev–Trinajstić information content (AvgIpc) is 3.21. The number of hydrogen-bond acceptors (Lipinski definition) is 5. The van der Waals surface area contributed by atoms with Crippen LogP contribution in [0.1, 0.15) is 76.2 Å². The molecule has 3 atom stereocenters. The summed E-state index contributed by atoms with van der Waals surface area (Å²) in [6.45, 7) is 11.9. The summed E-state index contributed by atoms with van der Waals surface area (Å²) in [5.41, 5.74) is 3.50. The Morgan fingerprint density at radius 2 is 1.89 bits per heavy atom. The summed E-state index contributed by atoms with van der Waals surface area (Å²) >= 11 is 1.60. The molecular weight excluding hydrogens is 491 g/mol. The van der Waals surface area contributed by atoms with Gasteiger partial charge in [0.05, 0.1) is 22.1 Å². The van der Waals surface area contributed by atoms with Crippen LogP contribution in [0.3, 0.4) is 0 Å². The summed E-state index contributed by atoms with van der Waals surface area (Å²) in [4.78, 5) is 46.4. The molecule has 4 rings (SSSR count). The van der Waals surface area contributed by atoms with Crippen molar-refractivity contribution in [1.29, 1.82) is 0 Å². The Bertz CT molecular complexity index is 1200. The molecule has 3 amide bonds. The van der Waals surface area contributed by atoms with Gasteiger partial charge in [0.15, 0.2) is 5.67 Å². The van der Waals surface area contributed by atoms with E-state index in [4.69, 9.17) is 0 Å². The van der Waals surface area contributed by atoms with Crippen molar-refractivity contribution in [1.82, 2.24) is 20.5 Å². The molecule has 1 aliphatic heterocycles. The van der Waals surface area contributed by atoms with Crippen LogP contribution < -0.4 is 10.6 Å². The summed E-state index contributed by atoms with van der Waals surface area (Å²) in [5, 5.41) is 5.74. The number of alkyl halides is 1. The Kier molecular flexibility index (Phi) is 7.48. The Morgan fingerprint density at radius 1 is 1.19 bits per heavy atom. The Balaban J connectivity index is 1.46. The third-order valence-corrected chi connectivity index (χ3v) is 8.40. The van der Waals surface area contributed by atoms with Gasteiger partial charge >= 0.3 is 0 Å². The van der Waals surface area contributed by atoms with Gasteiger partial charge in [0.1, 0.15) is 12.1 Å². The lowest BCUT2D eigenvalue weighted by Crippen LogP contribution is -2.59. The standard InChI is InChI=1S/C28H37FN4O3S/c1-16-14-19(22-18(3)30-15-37-22)9-10-20(16)17(2)31-24(34)21-8-7-13-33(21)25(35)23(27(4,5)6)32-26(36)28(29)11-12-28/h9-10,14-15,17,21,23H,7-8,11-13H2,1-6H3,(H,31,34)(H,32,36). The van der Waals surface area contributed by atoms with Gasteiger partial charge in [0.25, 0.3) is 5.91 Å². The van der Waals surface area contributed by atoms with Gasteiger partial charge in [-0.2, -0.15) is 0 Å². The largest absolute Gasteiger partial charge is 0.348 e. The van der Waals surface area contributed by atoms with Crippen LogP contribution in [0, 0.1) is 19.3 Å². The van der Waals surface area contributed by atoms with Gasteiger partial charge < -0.3 is 15.5 Å². The zero-order valence-corrected chi connectivity index (χ0v) is 23.3. The number of aromatic nitrogens is 1. The van der Waals surface area contributed by atoms with Crippen molar-refractivity contribution in [2.45, 2.75) is 91.0 Å². The maximum Gasteiger partial charge on any atom is 0.258 e. The average molecular weight is 529 g/mol. The van der Waals surface area contributed by atoms with Crippen molar-refractivity contribution >= 4 is 29.1 Å². The highest BCUT2D eigenvalue weighted by Gasteiger charge is 2.53. The van der Waals surface area contributed by atoms with Crippen LogP contribution in [-0.4, -0.2) is 51.9 Å². The van der Waals surface area contributed by atoms with Crippen molar-refractivity contribution in [3.8, 4) is 10.4 Å². The molecule has 37 heavy (non-hydrogen) atoms. The molecule has 0 spiro atoms. The second kappa shape index (κ2) is 10.2. The third kappa shape index (κ3) is 5.71. The van der Waals surface area contributed by atoms with Crippen LogP contribution in [0.2, 0.25) is 0 Å². The number of likely N-dealkylation sites (tertiary alicyclic amines) is 1. The molecule has 1 aromatic carbocycles. The number of carbonyl (C=O) groups is 3. The Labute approximate surface area is 222 Å². The molecule has 2 aliphatic rings. The molecule has 0 radical (unpaired) electrons. The number of thiazole rings is 1. The molecule has 0 bridgehead atoms. The van der Waals surface area contributed by atoms with Crippen molar-refractivity contribution in [2.75, 3.05) is 6.54 Å². The second-order valence-electron chi connectivity index (χ2n) is 11.5. The molecule has 2 N–H and O–H groups in total. The molecule has 1 aliphatic carbocycles. The summed E-state index contributed by atoms with van der Waals surface area (Å²) in [7, 11) is 0. The van der Waals surface area contributed by atoms with Gasteiger partial charge in [-0.1, -0.05) is 39.0 Å². The van der Waals surface area contributed by atoms with Gasteiger partial charge in [-0.15, -0.1) is 11.3 Å². The molecular formula is C28H37FN4O3S. The number of amides is 3. The molecule has 1 aromatic heterocycles. The van der Waals surface area contributed by atoms with E-state index >= 15 is 0 Å². The highest BCUT2D eigenvalue weighted by atomic mass is 32.1. The zero-order chi connectivity index (χ0) is 27.1. The van der Waals surface area contributed by atoms with Crippen LogP contribution in [0.5, 0.6) is 0 Å². The normalized spacial score (nSPS) is 20.3. The van der Waals surface area contributed by atoms with E-state index in [1.807, 2.05) is 59.2 Å². The molecule has 3 unspecified atom stereocenters. The zero-order valence-electron chi connectivity index (χ0n) is 22.5. The van der Waals surface area contributed by atoms with Crippen LogP contribution in [-0.2, 0) is 14.4 Å². The first-order valence-electron chi connectivity index (χ1n) is 12.9. The topological polar surface area (TPSA) is 91.4 Å². The second-order valence-corrected chi connectivity index (χ2v) is 12.4. The molecule has 200 valence electrons. The van der Waals surface area contributed by atoms with Crippen molar-refractivity contribution < 1.29 is 18.8 Å². The maximum absolute atomic E-state index is 14.3. The smallest absolute Gasteiger partial charge is 0.258 e. The molecule has 1 saturated heterocycles. The predicted octanol–water partition coefficient (Wildman–Crippen LogP) is 4.63. The molecule has 2 aromatic rings. The minimum Gasteiger partial charge on any atom is -0.348 e. The van der Waals surface area contributed by atoms with Crippen molar-refractivity contribution in [3.63, 3.8) is 0 Å². The number of rotatable bonds is 7. The van der Waals surface area contributed by atoms with E-state index in [0.29, 0.717) is 19.4 Å². The van der Waals surface area contributed by atoms with Crippen LogP contribution >= 0.6 is 11.3 Å². The van der Waals surface area contributed by atoms with E-state index in [1.165, 1.54) is 0 Å². The van der Waals surface area contributed by atoms with Gasteiger partial charge in [0.2, 0.25) is 11.8 Å². The maximum atomic E-state index is 14.3. The van der Waals surface area contributed by atoms with Crippen LogP contribution in [0.25, 0.3) is 10.4 Å². The molecule has 9 heteroatoms. The number of hydrogen-bond donors (Lipinski definition) is 2. The summed E-state index contributed by atoms with van der Waals surface area (Å²) in [6, 6.07) is 4.40. The number of nitrogens with zero attached hydrogens (tertiary/aromatic N) is 2. The van der Waals surface area contributed by atoms with Gasteiger partial charge in [-0.05, 0) is 68.6 Å². The molecule has 1 saturated carbocycles. The fourth-order valence-corrected chi connectivity index (χ4v) is 5.79. The fourth-order valence-electron chi connectivity index (χ4n) is 4.98. The lowest BCUT2D eigenvalue weighted by molar-refractivity contribution is -0.145. The first kappa shape index (κ1) is 27.2. The first-order chi connectivity index (χ1) is 17.3. The number of carbonyl (C=O) groups excluding carboxylic acids is 3. The minimum atomic E-state index is -1.87. The van der Waals surface area contributed by atoms with E-state index in [2.05, 4.69) is 21.7 Å². The predicted molar refractivity (Wildman–Crippen MR) is 143 cm³/mol. The summed E-state index contributed by atoms with van der Waals surface area (Å²) < 4.78 is 14.3. The van der Waals surface area contributed by atoms with E-state index in [-0.39, 0.29) is 30.7 Å². The van der Waals surface area contributed by atoms with Crippen molar-refractivity contribution in [2.24, 2.45) is 5.41 Å². The number of nitrogens with one attached hydrogen (secondary N) is 2. The Morgan fingerprint density at radius 3 is 2.46 bits per heavy atom. The van der Waals surface area contributed by atoms with E-state index in [0.717, 1.165) is 27.3 Å². The van der Waals surface area contributed by atoms with Gasteiger partial charge in [0, 0.05) is 6.54 Å². The fraction of sp³-hybridized carbons (Fsp3) is 0.571. The first-order valence-corrected chi connectivity index (χ1v) is 13.8. The third-order valence-electron chi connectivity index (χ3n) is 7.43. The van der Waals surface area contributed by atoms with E-state index < -0.39 is 29.1 Å². The minimum absolute atomic E-state index is 0.181. The van der Waals surface area contributed by atoms with E-state index in [1.54, 1.807) is 16.2 Å². The lowest BCUT2D eigenvalue weighted by atomic mass is 9.85. The number of halogens is 1. The van der Waals surface area contributed by atoms with Crippen LogP contribution in [0.4, 0.5) is 4.39 Å². The van der Waals surface area contributed by atoms with Gasteiger partial charge in [-0.25, -0.2) is 9.37 Å². The highest BCUT2D eigenvalue weighted by molar-refractivity contribution is 7.13. The van der Waals surface area contributed by atoms with E-state index in [9.17, 15) is 18.8 Å². The SMILES string of the molecule is Cc1cc(-c2scnc2C)ccc1C(C)NC(=O)C1CCCN1C(=O)C(NC(=O)C1(F)CC1)C(C)(C)C. The molecule has 7 nitrogen and oxygen atoms in total. The lowest BCUT2D eigenvalue weighted by Gasteiger charge is -2.36. The number of benzene rings is 1. The molecule has 2 fully saturated rings. The highest BCUT2D eigenvalue weighted by Crippen LogP contribution is 2.40. The van der Waals surface area contributed by atoms with Gasteiger partial charge in [-0.3, -0.25) is 14.4 Å². The number of aryl methyl sites for hydroxylation is 2.